The summed E-state index contributed by atoms with van der Waals surface area (Å²) in [4.78, 5) is 11.0. The highest BCUT2D eigenvalue weighted by molar-refractivity contribution is 5.86. The molecule has 2 rings (SSSR count). The molecule has 94 valence electrons. The van der Waals surface area contributed by atoms with Gasteiger partial charge < -0.3 is 9.84 Å². The molecule has 0 aliphatic rings. The predicted octanol–water partition coefficient (Wildman–Crippen LogP) is 1.54. The van der Waals surface area contributed by atoms with Crippen molar-refractivity contribution in [2.24, 2.45) is 0 Å². The summed E-state index contributed by atoms with van der Waals surface area (Å²) in [6.45, 7) is 1.86. The van der Waals surface area contributed by atoms with Gasteiger partial charge >= 0.3 is 5.97 Å². The lowest BCUT2D eigenvalue weighted by Crippen LogP contribution is -2.06. The fraction of sp³-hybridized carbons (Fsp3) is 0.250. The molecule has 0 saturated carbocycles. The average Bonchev–Trinajstić information content (AvgIpc) is 2.82. The highest BCUT2D eigenvalue weighted by Crippen LogP contribution is 2.23. The van der Waals surface area contributed by atoms with Gasteiger partial charge in [-0.05, 0) is 18.6 Å². The predicted molar refractivity (Wildman–Crippen MR) is 64.2 cm³/mol. The molecule has 1 N–H and O–H groups in total. The van der Waals surface area contributed by atoms with Crippen LogP contribution in [0.2, 0.25) is 0 Å². The van der Waals surface area contributed by atoms with Crippen molar-refractivity contribution in [1.82, 2.24) is 15.0 Å². The lowest BCUT2D eigenvalue weighted by Gasteiger charge is -2.09. The molecular weight excluding hydrogens is 234 g/mol. The SMILES string of the molecule is CCc1c(C(=O)O)nnn1-c1ccccc1OC. The lowest BCUT2D eigenvalue weighted by atomic mass is 10.2. The second kappa shape index (κ2) is 4.87. The van der Waals surface area contributed by atoms with Crippen molar-refractivity contribution in [3.05, 3.63) is 35.7 Å². The van der Waals surface area contributed by atoms with E-state index in [1.54, 1.807) is 19.2 Å². The van der Waals surface area contributed by atoms with Gasteiger partial charge in [0.2, 0.25) is 0 Å². The van der Waals surface area contributed by atoms with Crippen LogP contribution in [0.5, 0.6) is 5.75 Å². The van der Waals surface area contributed by atoms with Crippen LogP contribution in [-0.2, 0) is 6.42 Å². The summed E-state index contributed by atoms with van der Waals surface area (Å²) in [6.07, 6.45) is 0.521. The number of hydrogen-bond acceptors (Lipinski definition) is 4. The average molecular weight is 247 g/mol. The summed E-state index contributed by atoms with van der Waals surface area (Å²) in [7, 11) is 1.56. The van der Waals surface area contributed by atoms with Gasteiger partial charge in [-0.3, -0.25) is 0 Å². The Kier molecular flexibility index (Phi) is 3.27. The molecular formula is C12H13N3O3. The van der Waals surface area contributed by atoms with E-state index in [1.165, 1.54) is 4.68 Å². The summed E-state index contributed by atoms with van der Waals surface area (Å²) in [5, 5.41) is 16.6. The minimum atomic E-state index is -1.08. The highest BCUT2D eigenvalue weighted by atomic mass is 16.5. The zero-order valence-electron chi connectivity index (χ0n) is 10.1. The van der Waals surface area contributed by atoms with Crippen LogP contribution in [0.15, 0.2) is 24.3 Å². The van der Waals surface area contributed by atoms with Gasteiger partial charge in [-0.1, -0.05) is 24.3 Å². The summed E-state index contributed by atoms with van der Waals surface area (Å²) in [5.74, 6) is -0.456. The number of rotatable bonds is 4. The summed E-state index contributed by atoms with van der Waals surface area (Å²) >= 11 is 0. The number of para-hydroxylation sites is 2. The van der Waals surface area contributed by atoms with Gasteiger partial charge in [0.1, 0.15) is 11.4 Å². The molecule has 1 aromatic carbocycles. The van der Waals surface area contributed by atoms with Gasteiger partial charge in [-0.15, -0.1) is 5.10 Å². The number of aromatic carboxylic acids is 1. The summed E-state index contributed by atoms with van der Waals surface area (Å²) in [5.41, 5.74) is 1.20. The molecule has 0 radical (unpaired) electrons. The molecule has 6 heteroatoms. The first kappa shape index (κ1) is 12.1. The van der Waals surface area contributed by atoms with Crippen molar-refractivity contribution in [1.29, 1.82) is 0 Å². The van der Waals surface area contributed by atoms with Crippen molar-refractivity contribution in [2.75, 3.05) is 7.11 Å². The molecule has 0 unspecified atom stereocenters. The van der Waals surface area contributed by atoms with E-state index in [4.69, 9.17) is 9.84 Å². The zero-order valence-corrected chi connectivity index (χ0v) is 10.1. The summed E-state index contributed by atoms with van der Waals surface area (Å²) < 4.78 is 6.74. The number of methoxy groups -OCH3 is 1. The number of hydrogen-bond donors (Lipinski definition) is 1. The standard InChI is InChI=1S/C12H13N3O3/c1-3-8-11(12(16)17)13-14-15(8)9-6-4-5-7-10(9)18-2/h4-7H,3H2,1-2H3,(H,16,17). The Morgan fingerprint density at radius 2 is 2.17 bits per heavy atom. The highest BCUT2D eigenvalue weighted by Gasteiger charge is 2.19. The number of benzene rings is 1. The molecule has 1 aromatic heterocycles. The first-order chi connectivity index (χ1) is 8.69. The van der Waals surface area contributed by atoms with Crippen molar-refractivity contribution in [3.63, 3.8) is 0 Å². The second-order valence-corrected chi connectivity index (χ2v) is 3.63. The molecule has 0 saturated heterocycles. The van der Waals surface area contributed by atoms with Crippen LogP contribution in [0.3, 0.4) is 0 Å². The maximum Gasteiger partial charge on any atom is 0.358 e. The molecule has 0 fully saturated rings. The van der Waals surface area contributed by atoms with E-state index in [1.807, 2.05) is 19.1 Å². The van der Waals surface area contributed by atoms with Gasteiger partial charge in [0, 0.05) is 0 Å². The van der Waals surface area contributed by atoms with Crippen molar-refractivity contribution in [2.45, 2.75) is 13.3 Å². The molecule has 6 nitrogen and oxygen atoms in total. The molecule has 0 aliphatic heterocycles. The Morgan fingerprint density at radius 3 is 2.78 bits per heavy atom. The van der Waals surface area contributed by atoms with E-state index in [0.29, 0.717) is 23.6 Å². The summed E-state index contributed by atoms with van der Waals surface area (Å²) in [6, 6.07) is 7.26. The van der Waals surface area contributed by atoms with Gasteiger partial charge in [0.05, 0.1) is 12.8 Å². The fourth-order valence-corrected chi connectivity index (χ4v) is 1.78. The van der Waals surface area contributed by atoms with Crippen LogP contribution in [0.1, 0.15) is 23.1 Å². The van der Waals surface area contributed by atoms with Crippen LogP contribution in [0, 0.1) is 0 Å². The molecule has 1 heterocycles. The largest absolute Gasteiger partial charge is 0.494 e. The third-order valence-corrected chi connectivity index (χ3v) is 2.61. The van der Waals surface area contributed by atoms with Gasteiger partial charge in [-0.25, -0.2) is 9.48 Å². The van der Waals surface area contributed by atoms with Gasteiger partial charge in [0.15, 0.2) is 5.69 Å². The van der Waals surface area contributed by atoms with E-state index in [2.05, 4.69) is 10.3 Å². The van der Waals surface area contributed by atoms with Crippen LogP contribution in [-0.4, -0.2) is 33.2 Å². The van der Waals surface area contributed by atoms with E-state index in [-0.39, 0.29) is 5.69 Å². The number of carboxylic acids is 1. The minimum Gasteiger partial charge on any atom is -0.494 e. The Bertz CT molecular complexity index is 578. The Hall–Kier alpha value is -2.37. The van der Waals surface area contributed by atoms with E-state index in [9.17, 15) is 4.79 Å². The van der Waals surface area contributed by atoms with Crippen molar-refractivity contribution >= 4 is 5.97 Å². The van der Waals surface area contributed by atoms with Crippen LogP contribution in [0.25, 0.3) is 5.69 Å². The minimum absolute atomic E-state index is 0.0246. The molecule has 0 spiro atoms. The van der Waals surface area contributed by atoms with Crippen LogP contribution >= 0.6 is 0 Å². The normalized spacial score (nSPS) is 10.3. The van der Waals surface area contributed by atoms with Gasteiger partial charge in [0.25, 0.3) is 0 Å². The third kappa shape index (κ3) is 1.92. The Morgan fingerprint density at radius 1 is 1.44 bits per heavy atom. The smallest absolute Gasteiger partial charge is 0.358 e. The quantitative estimate of drug-likeness (QED) is 0.886. The monoisotopic (exact) mass is 247 g/mol. The van der Waals surface area contributed by atoms with E-state index < -0.39 is 5.97 Å². The molecule has 0 atom stereocenters. The number of carbonyl (C=O) groups is 1. The Labute approximate surface area is 104 Å². The zero-order chi connectivity index (χ0) is 13.1. The third-order valence-electron chi connectivity index (χ3n) is 2.61. The van der Waals surface area contributed by atoms with Crippen molar-refractivity contribution in [3.8, 4) is 11.4 Å². The first-order valence-corrected chi connectivity index (χ1v) is 5.50. The first-order valence-electron chi connectivity index (χ1n) is 5.50. The number of aromatic nitrogens is 3. The lowest BCUT2D eigenvalue weighted by molar-refractivity contribution is 0.0689. The number of ether oxygens (including phenoxy) is 1. The van der Waals surface area contributed by atoms with Crippen LogP contribution < -0.4 is 4.74 Å². The number of nitrogens with zero attached hydrogens (tertiary/aromatic N) is 3. The van der Waals surface area contributed by atoms with E-state index in [0.717, 1.165) is 0 Å². The molecule has 18 heavy (non-hydrogen) atoms. The van der Waals surface area contributed by atoms with Crippen LogP contribution in [0.4, 0.5) is 0 Å². The topological polar surface area (TPSA) is 77.2 Å². The molecule has 2 aromatic rings. The molecule has 0 amide bonds. The maximum absolute atomic E-state index is 11.0. The fourth-order valence-electron chi connectivity index (χ4n) is 1.78. The maximum atomic E-state index is 11.0. The Balaban J connectivity index is 2.61. The number of carboxylic acid groups (broad SMARTS) is 1. The van der Waals surface area contributed by atoms with E-state index >= 15 is 0 Å². The molecule has 0 bridgehead atoms. The van der Waals surface area contributed by atoms with Crippen molar-refractivity contribution < 1.29 is 14.6 Å². The second-order valence-electron chi connectivity index (χ2n) is 3.63. The van der Waals surface area contributed by atoms with Gasteiger partial charge in [-0.2, -0.15) is 0 Å². The molecule has 0 aliphatic carbocycles.